The van der Waals surface area contributed by atoms with Crippen molar-refractivity contribution in [2.75, 3.05) is 0 Å². The van der Waals surface area contributed by atoms with E-state index in [2.05, 4.69) is 170 Å². The molecule has 0 fully saturated rings. The van der Waals surface area contributed by atoms with E-state index < -0.39 is 0 Å². The van der Waals surface area contributed by atoms with Gasteiger partial charge in [-0.1, -0.05) is 133 Å². The zero-order valence-corrected chi connectivity index (χ0v) is 26.6. The van der Waals surface area contributed by atoms with E-state index in [-0.39, 0.29) is 0 Å². The Labute approximate surface area is 282 Å². The maximum absolute atomic E-state index is 6.45. The third kappa shape index (κ3) is 3.87. The first-order valence-corrected chi connectivity index (χ1v) is 16.9. The van der Waals surface area contributed by atoms with Crippen molar-refractivity contribution in [2.24, 2.45) is 0 Å². The molecule has 1 aromatic heterocycles. The molecular weight excluding hydrogens is 593 g/mol. The summed E-state index contributed by atoms with van der Waals surface area (Å²) in [7, 11) is 0. The zero-order valence-electron chi connectivity index (χ0n) is 26.6. The molecule has 0 aliphatic carbocycles. The number of benzene rings is 10. The van der Waals surface area contributed by atoms with Crippen molar-refractivity contribution in [3.63, 3.8) is 0 Å². The van der Waals surface area contributed by atoms with Gasteiger partial charge in [-0.15, -0.1) is 0 Å². The maximum Gasteiger partial charge on any atom is 0.135 e. The van der Waals surface area contributed by atoms with Gasteiger partial charge in [0.25, 0.3) is 0 Å². The summed E-state index contributed by atoms with van der Waals surface area (Å²) in [4.78, 5) is 0. The molecule has 0 aliphatic rings. The normalized spacial score (nSPS) is 12.1. The Morgan fingerprint density at radius 1 is 0.265 bits per heavy atom. The first-order chi connectivity index (χ1) is 24.3. The fourth-order valence-corrected chi connectivity index (χ4v) is 8.35. The van der Waals surface area contributed by atoms with Crippen LogP contribution < -0.4 is 0 Å². The molecule has 11 aromatic rings. The summed E-state index contributed by atoms with van der Waals surface area (Å²) in [6.07, 6.45) is 0. The number of fused-ring (bicyclic) bond motifs is 13. The highest BCUT2D eigenvalue weighted by molar-refractivity contribution is 6.25. The Bertz CT molecular complexity index is 2950. The van der Waals surface area contributed by atoms with Gasteiger partial charge in [0.05, 0.1) is 0 Å². The minimum Gasteiger partial charge on any atom is -0.456 e. The molecule has 0 saturated carbocycles. The van der Waals surface area contributed by atoms with Crippen LogP contribution >= 0.6 is 0 Å². The Morgan fingerprint density at radius 2 is 0.653 bits per heavy atom. The smallest absolute Gasteiger partial charge is 0.135 e. The van der Waals surface area contributed by atoms with E-state index in [1.54, 1.807) is 0 Å². The van der Waals surface area contributed by atoms with E-state index in [9.17, 15) is 0 Å². The molecule has 0 saturated heterocycles. The third-order valence-corrected chi connectivity index (χ3v) is 10.6. The summed E-state index contributed by atoms with van der Waals surface area (Å²) in [6, 6.07) is 62.1. The first kappa shape index (κ1) is 26.6. The molecule has 0 bridgehead atoms. The minimum absolute atomic E-state index is 0.904. The fraction of sp³-hybridized carbons (Fsp3) is 0. The Kier molecular flexibility index (Phi) is 5.45. The molecule has 0 atom stereocenters. The van der Waals surface area contributed by atoms with Gasteiger partial charge in [0.2, 0.25) is 0 Å². The number of furan rings is 1. The predicted octanol–water partition coefficient (Wildman–Crippen LogP) is 13.8. The summed E-state index contributed by atoms with van der Waals surface area (Å²) in [5.74, 6) is 0. The van der Waals surface area contributed by atoms with Crippen molar-refractivity contribution in [2.45, 2.75) is 0 Å². The lowest BCUT2D eigenvalue weighted by Crippen LogP contribution is -1.87. The SMILES string of the molecule is c1ccc2c(c1)ccc1cc(-c3ccc4oc5ccc(-c6cc7ccc8ccccc8c7c7ccccc67)cc5c4c3)c3ccccc3c12. The molecule has 226 valence electrons. The van der Waals surface area contributed by atoms with Gasteiger partial charge in [-0.05, 0) is 123 Å². The third-order valence-electron chi connectivity index (χ3n) is 10.6. The van der Waals surface area contributed by atoms with Gasteiger partial charge in [-0.2, -0.15) is 0 Å². The number of hydrogen-bond acceptors (Lipinski definition) is 1. The van der Waals surface area contributed by atoms with Crippen LogP contribution in [0.1, 0.15) is 0 Å². The molecule has 0 spiro atoms. The molecule has 1 heteroatoms. The second-order valence-electron chi connectivity index (χ2n) is 13.2. The van der Waals surface area contributed by atoms with Crippen molar-refractivity contribution < 1.29 is 4.42 Å². The van der Waals surface area contributed by atoms with Crippen molar-refractivity contribution in [1.82, 2.24) is 0 Å². The summed E-state index contributed by atoms with van der Waals surface area (Å²) >= 11 is 0. The number of hydrogen-bond donors (Lipinski definition) is 0. The Morgan fingerprint density at radius 3 is 1.12 bits per heavy atom. The van der Waals surface area contributed by atoms with Gasteiger partial charge in [0.1, 0.15) is 11.2 Å². The van der Waals surface area contributed by atoms with Gasteiger partial charge in [0, 0.05) is 10.8 Å². The largest absolute Gasteiger partial charge is 0.456 e. The van der Waals surface area contributed by atoms with E-state index in [4.69, 9.17) is 4.42 Å². The average Bonchev–Trinajstić information content (AvgIpc) is 3.54. The van der Waals surface area contributed by atoms with Gasteiger partial charge >= 0.3 is 0 Å². The summed E-state index contributed by atoms with van der Waals surface area (Å²) in [5.41, 5.74) is 6.66. The quantitative estimate of drug-likeness (QED) is 0.175. The van der Waals surface area contributed by atoms with Crippen LogP contribution in [-0.4, -0.2) is 0 Å². The first-order valence-electron chi connectivity index (χ1n) is 16.9. The van der Waals surface area contributed by atoms with Crippen LogP contribution in [0.4, 0.5) is 0 Å². The van der Waals surface area contributed by atoms with Gasteiger partial charge in [-0.3, -0.25) is 0 Å². The zero-order chi connectivity index (χ0) is 32.1. The van der Waals surface area contributed by atoms with Crippen molar-refractivity contribution in [3.8, 4) is 22.3 Å². The molecule has 10 aromatic carbocycles. The summed E-state index contributed by atoms with van der Waals surface area (Å²) < 4.78 is 6.45. The van der Waals surface area contributed by atoms with Gasteiger partial charge < -0.3 is 4.42 Å². The van der Waals surface area contributed by atoms with Crippen LogP contribution in [0.2, 0.25) is 0 Å². The lowest BCUT2D eigenvalue weighted by molar-refractivity contribution is 0.669. The fourth-order valence-electron chi connectivity index (χ4n) is 8.35. The second-order valence-corrected chi connectivity index (χ2v) is 13.2. The van der Waals surface area contributed by atoms with Crippen LogP contribution in [-0.2, 0) is 0 Å². The van der Waals surface area contributed by atoms with Crippen LogP contribution in [0.5, 0.6) is 0 Å². The van der Waals surface area contributed by atoms with E-state index in [0.29, 0.717) is 0 Å². The highest BCUT2D eigenvalue weighted by Crippen LogP contribution is 2.43. The maximum atomic E-state index is 6.45. The minimum atomic E-state index is 0.904. The van der Waals surface area contributed by atoms with Crippen molar-refractivity contribution in [3.05, 3.63) is 170 Å². The lowest BCUT2D eigenvalue weighted by Gasteiger charge is -2.13. The molecule has 1 nitrogen and oxygen atoms in total. The van der Waals surface area contributed by atoms with E-state index in [1.165, 1.54) is 86.9 Å². The molecular formula is C48H28O. The highest BCUT2D eigenvalue weighted by atomic mass is 16.3. The molecule has 0 aliphatic heterocycles. The van der Waals surface area contributed by atoms with Gasteiger partial charge in [-0.25, -0.2) is 0 Å². The highest BCUT2D eigenvalue weighted by Gasteiger charge is 2.16. The van der Waals surface area contributed by atoms with E-state index in [1.807, 2.05) is 0 Å². The van der Waals surface area contributed by atoms with Gasteiger partial charge in [0.15, 0.2) is 0 Å². The Balaban J connectivity index is 1.14. The van der Waals surface area contributed by atoms with Crippen LogP contribution in [0.15, 0.2) is 174 Å². The van der Waals surface area contributed by atoms with Crippen LogP contribution in [0.3, 0.4) is 0 Å². The summed E-state index contributed by atoms with van der Waals surface area (Å²) in [5, 5.41) is 17.6. The topological polar surface area (TPSA) is 13.1 Å². The molecule has 1 heterocycles. The molecule has 0 N–H and O–H groups in total. The average molecular weight is 621 g/mol. The standard InChI is InChI=1S/C48H28O/c1-3-11-35-29(9-1)17-19-33-27-41(37-13-5-7-15-39(37)47(33)35)31-21-23-45-43(25-31)44-26-32(22-24-46(44)49-45)42-28-34-20-18-30-10-2-4-12-36(30)48(34)40-16-8-6-14-38(40)42/h1-28H. The lowest BCUT2D eigenvalue weighted by atomic mass is 9.89. The number of rotatable bonds is 2. The van der Waals surface area contributed by atoms with Crippen LogP contribution in [0.25, 0.3) is 109 Å². The molecule has 0 radical (unpaired) electrons. The Hall–Kier alpha value is -6.44. The molecule has 0 amide bonds. The predicted molar refractivity (Wildman–Crippen MR) is 210 cm³/mol. The monoisotopic (exact) mass is 620 g/mol. The van der Waals surface area contributed by atoms with E-state index in [0.717, 1.165) is 21.9 Å². The van der Waals surface area contributed by atoms with Crippen molar-refractivity contribution >= 4 is 86.6 Å². The molecule has 0 unspecified atom stereocenters. The van der Waals surface area contributed by atoms with E-state index >= 15 is 0 Å². The summed E-state index contributed by atoms with van der Waals surface area (Å²) in [6.45, 7) is 0. The van der Waals surface area contributed by atoms with Crippen LogP contribution in [0, 0.1) is 0 Å². The second kappa shape index (κ2) is 10.0. The molecule has 49 heavy (non-hydrogen) atoms. The molecule has 11 rings (SSSR count). The van der Waals surface area contributed by atoms with Crippen molar-refractivity contribution in [1.29, 1.82) is 0 Å².